The van der Waals surface area contributed by atoms with E-state index < -0.39 is 22.0 Å². The molecule has 9 heteroatoms. The van der Waals surface area contributed by atoms with Crippen LogP contribution < -0.4 is 0 Å². The van der Waals surface area contributed by atoms with Crippen LogP contribution in [0.2, 0.25) is 0 Å². The van der Waals surface area contributed by atoms with Crippen LogP contribution in [0.3, 0.4) is 0 Å². The van der Waals surface area contributed by atoms with Crippen molar-refractivity contribution in [3.8, 4) is 0 Å². The van der Waals surface area contributed by atoms with Crippen molar-refractivity contribution in [2.24, 2.45) is 0 Å². The van der Waals surface area contributed by atoms with Crippen molar-refractivity contribution < 1.29 is 23.1 Å². The summed E-state index contributed by atoms with van der Waals surface area (Å²) in [7, 11) is -3.77. The fraction of sp³-hybridized carbons (Fsp3) is 0.444. The number of carboxylic acid groups (broad SMARTS) is 1. The van der Waals surface area contributed by atoms with Crippen LogP contribution in [0.5, 0.6) is 0 Å². The molecule has 0 radical (unpaired) electrons. The molecule has 2 rings (SSSR count). The van der Waals surface area contributed by atoms with Crippen molar-refractivity contribution in [2.45, 2.75) is 10.3 Å². The van der Waals surface area contributed by atoms with Gasteiger partial charge in [-0.25, -0.2) is 8.42 Å². The van der Waals surface area contributed by atoms with E-state index in [-0.39, 0.29) is 24.0 Å². The summed E-state index contributed by atoms with van der Waals surface area (Å²) in [5.74, 6) is -1.20. The first-order valence-electron chi connectivity index (χ1n) is 5.00. The zero-order valence-electron chi connectivity index (χ0n) is 9.08. The van der Waals surface area contributed by atoms with Gasteiger partial charge >= 0.3 is 5.97 Å². The minimum absolute atomic E-state index is 0.0504. The van der Waals surface area contributed by atoms with Gasteiger partial charge < -0.3 is 9.84 Å². The summed E-state index contributed by atoms with van der Waals surface area (Å²) in [6.07, 6.45) is 0. The molecule has 0 amide bonds. The fourth-order valence-electron chi connectivity index (χ4n) is 1.62. The first-order valence-corrected chi connectivity index (χ1v) is 8.05. The Balaban J connectivity index is 2.36. The van der Waals surface area contributed by atoms with Gasteiger partial charge in [-0.1, -0.05) is 0 Å². The van der Waals surface area contributed by atoms with E-state index in [1.165, 1.54) is 6.07 Å². The third kappa shape index (κ3) is 2.59. The molecule has 0 saturated carbocycles. The Morgan fingerprint density at radius 3 is 2.83 bits per heavy atom. The van der Waals surface area contributed by atoms with E-state index >= 15 is 0 Å². The van der Waals surface area contributed by atoms with Crippen LogP contribution in [-0.2, 0) is 19.6 Å². The molecule has 1 saturated heterocycles. The smallest absolute Gasteiger partial charge is 0.324 e. The highest BCUT2D eigenvalue weighted by Crippen LogP contribution is 2.30. The van der Waals surface area contributed by atoms with E-state index in [0.717, 1.165) is 15.6 Å². The normalized spacial score (nSPS) is 21.9. The molecule has 100 valence electrons. The Morgan fingerprint density at radius 2 is 2.28 bits per heavy atom. The second-order valence-electron chi connectivity index (χ2n) is 3.60. The molecule has 1 aromatic rings. The van der Waals surface area contributed by atoms with Crippen molar-refractivity contribution in [2.75, 3.05) is 19.8 Å². The molecule has 1 fully saturated rings. The molecule has 0 spiro atoms. The molecular weight excluding hydrogens is 346 g/mol. The lowest BCUT2D eigenvalue weighted by Crippen LogP contribution is -2.52. The number of carboxylic acids is 1. The monoisotopic (exact) mass is 355 g/mol. The third-order valence-electron chi connectivity index (χ3n) is 2.48. The van der Waals surface area contributed by atoms with E-state index in [4.69, 9.17) is 9.84 Å². The second kappa shape index (κ2) is 5.25. The molecule has 6 nitrogen and oxygen atoms in total. The molecular formula is C9H10BrNO5S2. The van der Waals surface area contributed by atoms with E-state index in [9.17, 15) is 13.2 Å². The molecule has 1 atom stereocenters. The lowest BCUT2D eigenvalue weighted by Gasteiger charge is -2.31. The predicted octanol–water partition coefficient (Wildman–Crippen LogP) is 0.985. The Hall–Kier alpha value is -0.480. The van der Waals surface area contributed by atoms with Crippen LogP contribution in [-0.4, -0.2) is 49.6 Å². The van der Waals surface area contributed by atoms with Gasteiger partial charge in [0.2, 0.25) is 0 Å². The number of nitrogens with zero attached hydrogens (tertiary/aromatic N) is 1. The molecule has 1 unspecified atom stereocenters. The van der Waals surface area contributed by atoms with Crippen LogP contribution >= 0.6 is 27.3 Å². The van der Waals surface area contributed by atoms with Crippen molar-refractivity contribution in [3.63, 3.8) is 0 Å². The lowest BCUT2D eigenvalue weighted by atomic mass is 10.3. The number of rotatable bonds is 3. The van der Waals surface area contributed by atoms with Gasteiger partial charge in [-0.3, -0.25) is 4.79 Å². The Kier molecular flexibility index (Phi) is 4.07. The number of hydrogen-bond acceptors (Lipinski definition) is 5. The SMILES string of the molecule is O=C(O)C1COCCN1S(=O)(=O)c1ccc(Br)s1. The predicted molar refractivity (Wildman–Crippen MR) is 68.2 cm³/mol. The molecule has 0 aromatic carbocycles. The number of carbonyl (C=O) groups is 1. The largest absolute Gasteiger partial charge is 0.480 e. The number of aliphatic carboxylic acids is 1. The van der Waals surface area contributed by atoms with Crippen molar-refractivity contribution in [1.82, 2.24) is 4.31 Å². The van der Waals surface area contributed by atoms with E-state index in [1.54, 1.807) is 6.07 Å². The van der Waals surface area contributed by atoms with Gasteiger partial charge in [0.1, 0.15) is 10.3 Å². The van der Waals surface area contributed by atoms with Crippen LogP contribution in [0.1, 0.15) is 0 Å². The van der Waals surface area contributed by atoms with Crippen LogP contribution in [0.25, 0.3) is 0 Å². The van der Waals surface area contributed by atoms with Crippen molar-refractivity contribution >= 4 is 43.3 Å². The summed E-state index contributed by atoms with van der Waals surface area (Å²) in [4.78, 5) is 11.1. The number of hydrogen-bond donors (Lipinski definition) is 1. The zero-order chi connectivity index (χ0) is 13.3. The average Bonchev–Trinajstić information content (AvgIpc) is 2.76. The number of halogens is 1. The van der Waals surface area contributed by atoms with Gasteiger partial charge in [-0.05, 0) is 28.1 Å². The number of morpholine rings is 1. The summed E-state index contributed by atoms with van der Waals surface area (Å²) in [6, 6.07) is 1.91. The van der Waals surface area contributed by atoms with Crippen LogP contribution in [0.4, 0.5) is 0 Å². The summed E-state index contributed by atoms with van der Waals surface area (Å²) < 4.78 is 31.4. The standard InChI is InChI=1S/C9H10BrNO5S2/c10-7-1-2-8(17-7)18(14,15)11-3-4-16-5-6(11)9(12)13/h1-2,6H,3-5H2,(H,12,13). The average molecular weight is 356 g/mol. The highest BCUT2D eigenvalue weighted by molar-refractivity contribution is 9.11. The van der Waals surface area contributed by atoms with Gasteiger partial charge in [0.15, 0.2) is 0 Å². The third-order valence-corrected chi connectivity index (χ3v) is 6.48. The molecule has 1 aliphatic rings. The molecule has 1 aliphatic heterocycles. The number of ether oxygens (including phenoxy) is 1. The quantitative estimate of drug-likeness (QED) is 0.873. The maximum absolute atomic E-state index is 12.3. The minimum atomic E-state index is -3.77. The first kappa shape index (κ1) is 13.9. The molecule has 0 bridgehead atoms. The Labute approximate surface area is 116 Å². The second-order valence-corrected chi connectivity index (χ2v) is 8.18. The van der Waals surface area contributed by atoms with Crippen LogP contribution in [0.15, 0.2) is 20.1 Å². The van der Waals surface area contributed by atoms with E-state index in [0.29, 0.717) is 3.79 Å². The maximum atomic E-state index is 12.3. The molecule has 1 N–H and O–H groups in total. The Morgan fingerprint density at radius 1 is 1.56 bits per heavy atom. The van der Waals surface area contributed by atoms with Crippen molar-refractivity contribution in [3.05, 3.63) is 15.9 Å². The maximum Gasteiger partial charge on any atom is 0.324 e. The lowest BCUT2D eigenvalue weighted by molar-refractivity contribution is -0.146. The molecule has 2 heterocycles. The molecule has 1 aromatic heterocycles. The van der Waals surface area contributed by atoms with Gasteiger partial charge in [-0.2, -0.15) is 4.31 Å². The first-order chi connectivity index (χ1) is 8.43. The highest BCUT2D eigenvalue weighted by atomic mass is 79.9. The summed E-state index contributed by atoms with van der Waals surface area (Å²) in [5, 5.41) is 9.03. The van der Waals surface area contributed by atoms with Gasteiger partial charge in [0.05, 0.1) is 17.0 Å². The van der Waals surface area contributed by atoms with Crippen LogP contribution in [0, 0.1) is 0 Å². The van der Waals surface area contributed by atoms with Crippen molar-refractivity contribution in [1.29, 1.82) is 0 Å². The van der Waals surface area contributed by atoms with E-state index in [2.05, 4.69) is 15.9 Å². The Bertz CT molecular complexity index is 555. The summed E-state index contributed by atoms with van der Waals surface area (Å²) >= 11 is 4.24. The summed E-state index contributed by atoms with van der Waals surface area (Å²) in [5.41, 5.74) is 0. The van der Waals surface area contributed by atoms with Gasteiger partial charge in [-0.15, -0.1) is 11.3 Å². The molecule has 0 aliphatic carbocycles. The fourth-order valence-corrected chi connectivity index (χ4v) is 5.31. The highest BCUT2D eigenvalue weighted by Gasteiger charge is 2.38. The van der Waals surface area contributed by atoms with Gasteiger partial charge in [0, 0.05) is 6.54 Å². The number of sulfonamides is 1. The summed E-state index contributed by atoms with van der Waals surface area (Å²) in [6.45, 7) is 0.130. The molecule has 18 heavy (non-hydrogen) atoms. The van der Waals surface area contributed by atoms with E-state index in [1.807, 2.05) is 0 Å². The number of thiophene rings is 1. The zero-order valence-corrected chi connectivity index (χ0v) is 12.3. The minimum Gasteiger partial charge on any atom is -0.480 e. The van der Waals surface area contributed by atoms with Gasteiger partial charge in [0.25, 0.3) is 10.0 Å². The topological polar surface area (TPSA) is 83.9 Å².